The molecule has 0 spiro atoms. The summed E-state index contributed by atoms with van der Waals surface area (Å²) in [6.45, 7) is 4.94. The number of fused-ring (bicyclic) bond motifs is 5. The molecule has 4 amide bonds. The fourth-order valence-electron chi connectivity index (χ4n) is 8.02. The van der Waals surface area contributed by atoms with Gasteiger partial charge in [-0.2, -0.15) is 0 Å². The molecule has 3 N–H and O–H groups in total. The average molecular weight is 755 g/mol. The predicted molar refractivity (Wildman–Crippen MR) is 192 cm³/mol. The van der Waals surface area contributed by atoms with E-state index in [0.29, 0.717) is 60.5 Å². The number of aryl methyl sites for hydroxylation is 1. The highest BCUT2D eigenvalue weighted by Crippen LogP contribution is 2.48. The van der Waals surface area contributed by atoms with Crippen molar-refractivity contribution in [3.8, 4) is 11.6 Å². The van der Waals surface area contributed by atoms with Gasteiger partial charge in [0.25, 0.3) is 5.91 Å². The van der Waals surface area contributed by atoms with Crippen molar-refractivity contribution in [1.29, 1.82) is 0 Å². The number of amides is 4. The Balaban J connectivity index is 1.20. The van der Waals surface area contributed by atoms with E-state index in [1.54, 1.807) is 20.1 Å². The molecule has 4 fully saturated rings. The van der Waals surface area contributed by atoms with E-state index in [1.807, 2.05) is 26.0 Å². The Kier molecular flexibility index (Phi) is 9.96. The number of nitrogens with one attached hydrogen (secondary N) is 3. The number of aromatic nitrogens is 2. The summed E-state index contributed by atoms with van der Waals surface area (Å²) in [4.78, 5) is 66.0. The van der Waals surface area contributed by atoms with Crippen LogP contribution in [0.4, 0.5) is 4.79 Å². The second-order valence-corrected chi connectivity index (χ2v) is 17.8. The first kappa shape index (κ1) is 37.1. The minimum Gasteiger partial charge on any atom is -0.497 e. The average Bonchev–Trinajstić information content (AvgIpc) is 4.09. The van der Waals surface area contributed by atoms with Crippen LogP contribution < -0.4 is 24.8 Å². The number of carbonyl (C=O) groups excluding carboxylic acids is 4. The van der Waals surface area contributed by atoms with E-state index in [0.717, 1.165) is 32.1 Å². The van der Waals surface area contributed by atoms with Gasteiger partial charge in [0, 0.05) is 12.0 Å². The molecular formula is C37H50N6O9S. The van der Waals surface area contributed by atoms with Crippen LogP contribution in [0.5, 0.6) is 11.6 Å². The molecule has 53 heavy (non-hydrogen) atoms. The maximum atomic E-state index is 14.5. The molecule has 3 saturated carbocycles. The van der Waals surface area contributed by atoms with Crippen LogP contribution in [0.2, 0.25) is 0 Å². The minimum atomic E-state index is -3.96. The predicted octanol–water partition coefficient (Wildman–Crippen LogP) is 3.14. The van der Waals surface area contributed by atoms with Crippen LogP contribution in [0.15, 0.2) is 18.2 Å². The Morgan fingerprint density at radius 1 is 1.06 bits per heavy atom. The Bertz CT molecular complexity index is 1900. The first-order valence-electron chi connectivity index (χ1n) is 19.0. The van der Waals surface area contributed by atoms with Crippen molar-refractivity contribution in [1.82, 2.24) is 30.2 Å². The molecule has 7 rings (SSSR count). The SMILES string of the molecule is CC[C@@H]1[C@@H]2CN(C(=O)CNC(=O)O[C@@H]3C[C@H]3CCCCCc3nc4ccc(OC)cc4nc3O2)[C@@H]1C(=O)N[C@]1(C(=O)NS(=O)(=O)C2(C)CC2)C[C@H]1CC. The lowest BCUT2D eigenvalue weighted by atomic mass is 9.93. The number of methoxy groups -OCH3 is 1. The number of benzene rings is 1. The van der Waals surface area contributed by atoms with Crippen molar-refractivity contribution in [2.24, 2.45) is 17.8 Å². The molecular weight excluding hydrogens is 705 g/mol. The number of sulfonamides is 1. The van der Waals surface area contributed by atoms with Crippen LogP contribution in [0.1, 0.15) is 90.7 Å². The summed E-state index contributed by atoms with van der Waals surface area (Å²) in [5.41, 5.74) is 0.492. The van der Waals surface area contributed by atoms with Crippen molar-refractivity contribution < 1.29 is 41.8 Å². The topological polar surface area (TPSA) is 195 Å². The van der Waals surface area contributed by atoms with Crippen LogP contribution in [0.3, 0.4) is 0 Å². The van der Waals surface area contributed by atoms with Gasteiger partial charge in [0.15, 0.2) is 0 Å². The summed E-state index contributed by atoms with van der Waals surface area (Å²) in [7, 11) is -2.38. The van der Waals surface area contributed by atoms with Crippen molar-refractivity contribution in [2.45, 2.75) is 120 Å². The molecule has 5 aliphatic rings. The Morgan fingerprint density at radius 3 is 2.55 bits per heavy atom. The van der Waals surface area contributed by atoms with Crippen molar-refractivity contribution in [2.75, 3.05) is 20.2 Å². The van der Waals surface area contributed by atoms with E-state index in [1.165, 1.54) is 4.90 Å². The fourth-order valence-corrected chi connectivity index (χ4v) is 9.33. The van der Waals surface area contributed by atoms with E-state index in [4.69, 9.17) is 24.2 Å². The van der Waals surface area contributed by atoms with E-state index in [9.17, 15) is 27.6 Å². The molecule has 2 aliphatic heterocycles. The molecule has 3 heterocycles. The molecule has 15 nitrogen and oxygen atoms in total. The summed E-state index contributed by atoms with van der Waals surface area (Å²) >= 11 is 0. The van der Waals surface area contributed by atoms with Crippen molar-refractivity contribution in [3.05, 3.63) is 23.9 Å². The number of hydrogen-bond acceptors (Lipinski definition) is 11. The highest BCUT2D eigenvalue weighted by Gasteiger charge is 2.63. The van der Waals surface area contributed by atoms with Gasteiger partial charge in [-0.3, -0.25) is 19.1 Å². The van der Waals surface area contributed by atoms with E-state index < -0.39 is 68.7 Å². The van der Waals surface area contributed by atoms with Gasteiger partial charge in [0.2, 0.25) is 27.7 Å². The van der Waals surface area contributed by atoms with E-state index in [2.05, 4.69) is 15.4 Å². The Hall–Kier alpha value is -4.21. The van der Waals surface area contributed by atoms with E-state index in [-0.39, 0.29) is 30.9 Å². The van der Waals surface area contributed by atoms with Gasteiger partial charge >= 0.3 is 6.09 Å². The van der Waals surface area contributed by atoms with Crippen LogP contribution in [-0.4, -0.2) is 95.8 Å². The summed E-state index contributed by atoms with van der Waals surface area (Å²) < 4.78 is 45.0. The first-order valence-corrected chi connectivity index (χ1v) is 20.4. The molecule has 0 unspecified atom stereocenters. The van der Waals surface area contributed by atoms with Gasteiger partial charge < -0.3 is 29.7 Å². The zero-order valence-corrected chi connectivity index (χ0v) is 31.6. The normalized spacial score (nSPS) is 31.0. The second kappa shape index (κ2) is 14.2. The van der Waals surface area contributed by atoms with Crippen LogP contribution in [0.25, 0.3) is 11.0 Å². The van der Waals surface area contributed by atoms with Gasteiger partial charge in [-0.25, -0.2) is 23.2 Å². The van der Waals surface area contributed by atoms with Gasteiger partial charge in [-0.1, -0.05) is 33.1 Å². The molecule has 3 aliphatic carbocycles. The monoisotopic (exact) mass is 754 g/mol. The van der Waals surface area contributed by atoms with E-state index >= 15 is 0 Å². The number of alkyl carbamates (subject to hydrolysis) is 1. The zero-order valence-electron chi connectivity index (χ0n) is 30.8. The van der Waals surface area contributed by atoms with Gasteiger partial charge in [-0.15, -0.1) is 0 Å². The third-order valence-corrected chi connectivity index (χ3v) is 14.2. The molecule has 0 radical (unpaired) electrons. The molecule has 1 saturated heterocycles. The lowest BCUT2D eigenvalue weighted by molar-refractivity contribution is -0.140. The molecule has 288 valence electrons. The number of nitrogens with zero attached hydrogens (tertiary/aromatic N) is 3. The quantitative estimate of drug-likeness (QED) is 0.358. The minimum absolute atomic E-state index is 0.00272. The smallest absolute Gasteiger partial charge is 0.407 e. The van der Waals surface area contributed by atoms with Crippen LogP contribution in [-0.2, 0) is 35.6 Å². The fraction of sp³-hybridized carbons (Fsp3) is 0.676. The number of carbonyl (C=O) groups is 4. The highest BCUT2D eigenvalue weighted by molar-refractivity contribution is 7.91. The number of ether oxygens (including phenoxy) is 3. The van der Waals surface area contributed by atoms with Gasteiger partial charge in [0.05, 0.1) is 29.4 Å². The summed E-state index contributed by atoms with van der Waals surface area (Å²) in [5, 5.41) is 5.47. The maximum absolute atomic E-state index is 14.5. The largest absolute Gasteiger partial charge is 0.497 e. The number of rotatable bonds is 8. The molecule has 7 atom stereocenters. The lowest BCUT2D eigenvalue weighted by Crippen LogP contribution is -2.58. The number of hydrogen-bond donors (Lipinski definition) is 3. The molecule has 16 heteroatoms. The second-order valence-electron chi connectivity index (χ2n) is 15.6. The zero-order chi connectivity index (χ0) is 37.7. The Morgan fingerprint density at radius 2 is 1.85 bits per heavy atom. The van der Waals surface area contributed by atoms with Gasteiger partial charge in [0.1, 0.15) is 41.8 Å². The molecule has 1 aromatic carbocycles. The van der Waals surface area contributed by atoms with Crippen LogP contribution >= 0.6 is 0 Å². The van der Waals surface area contributed by atoms with Crippen LogP contribution in [0, 0.1) is 17.8 Å². The third kappa shape index (κ3) is 7.35. The molecule has 2 bridgehead atoms. The van der Waals surface area contributed by atoms with Crippen molar-refractivity contribution >= 4 is 44.9 Å². The first-order chi connectivity index (χ1) is 25.3. The highest BCUT2D eigenvalue weighted by atomic mass is 32.2. The maximum Gasteiger partial charge on any atom is 0.407 e. The lowest BCUT2D eigenvalue weighted by Gasteiger charge is -2.29. The summed E-state index contributed by atoms with van der Waals surface area (Å²) in [6.07, 6.45) is 5.58. The summed E-state index contributed by atoms with van der Waals surface area (Å²) in [6, 6.07) is 4.36. The Labute approximate surface area is 309 Å². The van der Waals surface area contributed by atoms with Crippen molar-refractivity contribution in [3.63, 3.8) is 0 Å². The summed E-state index contributed by atoms with van der Waals surface area (Å²) in [5.74, 6) is -1.53. The molecule has 1 aromatic heterocycles. The van der Waals surface area contributed by atoms with Gasteiger partial charge in [-0.05, 0) is 82.3 Å². The molecule has 2 aromatic rings. The third-order valence-electron chi connectivity index (χ3n) is 12.0. The standard InChI is InChI=1S/C37H50N6O9S/c1-5-22-18-37(22,34(46)42-53(48,49)36(3)14-15-36)41-32(45)31-24(6-2)29-20-43(31)30(44)19-38-35(47)52-28-16-21(28)10-8-7-9-11-26-33(51-29)40-27-17-23(50-4)12-13-25(27)39-26/h12-13,17,21-22,24,28-29,31H,5-11,14-16,18-20H2,1-4H3,(H,38,47)(H,41,45)(H,42,46)/t21-,22-,24-,28-,29+,31+,37-/m1/s1.